The van der Waals surface area contributed by atoms with Gasteiger partial charge < -0.3 is 10.1 Å². The van der Waals surface area contributed by atoms with Gasteiger partial charge in [-0.25, -0.2) is 4.39 Å². The second-order valence-corrected chi connectivity index (χ2v) is 5.10. The summed E-state index contributed by atoms with van der Waals surface area (Å²) in [6.07, 6.45) is 2.70. The van der Waals surface area contributed by atoms with Gasteiger partial charge in [0.25, 0.3) is 0 Å². The number of amides is 1. The number of nitrogens with one attached hydrogen (secondary N) is 1. The molecule has 0 atom stereocenters. The highest BCUT2D eigenvalue weighted by atomic mass is 79.9. The molecule has 0 heterocycles. The summed E-state index contributed by atoms with van der Waals surface area (Å²) in [7, 11) is 1.53. The van der Waals surface area contributed by atoms with E-state index < -0.39 is 0 Å². The molecule has 1 N–H and O–H groups in total. The third-order valence-electron chi connectivity index (χ3n) is 2.74. The van der Waals surface area contributed by atoms with Gasteiger partial charge in [0, 0.05) is 16.1 Å². The molecule has 1 amide bonds. The normalized spacial score (nSPS) is 10.6. The van der Waals surface area contributed by atoms with E-state index in [2.05, 4.69) is 21.2 Å². The van der Waals surface area contributed by atoms with Crippen molar-refractivity contribution in [1.29, 1.82) is 0 Å². The number of carbonyl (C=O) groups excluding carboxylic acids is 1. The molecule has 2 rings (SSSR count). The molecular weight excluding hydrogens is 337 g/mol. The second kappa shape index (κ2) is 7.04. The minimum Gasteiger partial charge on any atom is -0.495 e. The number of anilines is 1. The molecular formula is C16H13BrFNO2. The SMILES string of the molecule is COc1ccccc1NC(=O)/C=C/c1cc(Br)ccc1F. The molecule has 0 aliphatic rings. The van der Waals surface area contributed by atoms with E-state index >= 15 is 0 Å². The summed E-state index contributed by atoms with van der Waals surface area (Å²) in [6.45, 7) is 0. The molecule has 0 aliphatic carbocycles. The summed E-state index contributed by atoms with van der Waals surface area (Å²) in [5, 5.41) is 2.68. The number of benzene rings is 2. The largest absolute Gasteiger partial charge is 0.495 e. The molecule has 0 fully saturated rings. The highest BCUT2D eigenvalue weighted by Gasteiger charge is 2.05. The Bertz CT molecular complexity index is 686. The Hall–Kier alpha value is -2.14. The second-order valence-electron chi connectivity index (χ2n) is 4.19. The van der Waals surface area contributed by atoms with Crippen molar-refractivity contribution in [2.24, 2.45) is 0 Å². The Kier molecular flexibility index (Phi) is 5.11. The number of hydrogen-bond donors (Lipinski definition) is 1. The zero-order valence-corrected chi connectivity index (χ0v) is 12.9. The molecule has 0 unspecified atom stereocenters. The van der Waals surface area contributed by atoms with Crippen LogP contribution in [0.2, 0.25) is 0 Å². The van der Waals surface area contributed by atoms with Crippen molar-refractivity contribution < 1.29 is 13.9 Å². The van der Waals surface area contributed by atoms with Gasteiger partial charge in [0.1, 0.15) is 11.6 Å². The zero-order valence-electron chi connectivity index (χ0n) is 11.3. The van der Waals surface area contributed by atoms with Gasteiger partial charge in [-0.1, -0.05) is 28.1 Å². The molecule has 0 bridgehead atoms. The van der Waals surface area contributed by atoms with E-state index in [9.17, 15) is 9.18 Å². The van der Waals surface area contributed by atoms with E-state index in [0.717, 1.165) is 4.47 Å². The summed E-state index contributed by atoms with van der Waals surface area (Å²) < 4.78 is 19.4. The summed E-state index contributed by atoms with van der Waals surface area (Å²) in [6, 6.07) is 11.6. The van der Waals surface area contributed by atoms with Crippen LogP contribution in [0.15, 0.2) is 53.0 Å². The summed E-state index contributed by atoms with van der Waals surface area (Å²) in [5.74, 6) is -0.189. The van der Waals surface area contributed by atoms with Crippen LogP contribution < -0.4 is 10.1 Å². The van der Waals surface area contributed by atoms with E-state index in [1.165, 1.54) is 25.3 Å². The van der Waals surface area contributed by atoms with Crippen molar-refractivity contribution in [3.05, 3.63) is 64.4 Å². The van der Waals surface area contributed by atoms with Crippen molar-refractivity contribution >= 4 is 33.6 Å². The Morgan fingerprint density at radius 3 is 2.81 bits per heavy atom. The van der Waals surface area contributed by atoms with Crippen molar-refractivity contribution in [3.8, 4) is 5.75 Å². The Morgan fingerprint density at radius 2 is 2.05 bits per heavy atom. The lowest BCUT2D eigenvalue weighted by Gasteiger charge is -2.07. The van der Waals surface area contributed by atoms with Crippen LogP contribution in [0, 0.1) is 5.82 Å². The van der Waals surface area contributed by atoms with E-state index in [-0.39, 0.29) is 11.7 Å². The Labute approximate surface area is 130 Å². The molecule has 0 radical (unpaired) electrons. The van der Waals surface area contributed by atoms with Gasteiger partial charge in [-0.3, -0.25) is 4.79 Å². The fourth-order valence-electron chi connectivity index (χ4n) is 1.73. The van der Waals surface area contributed by atoms with Crippen LogP contribution >= 0.6 is 15.9 Å². The fraction of sp³-hybridized carbons (Fsp3) is 0.0625. The third kappa shape index (κ3) is 4.16. The summed E-state index contributed by atoms with van der Waals surface area (Å²) in [4.78, 5) is 11.9. The number of hydrogen-bond acceptors (Lipinski definition) is 2. The predicted octanol–water partition coefficient (Wildman–Crippen LogP) is 4.25. The molecule has 0 spiro atoms. The molecule has 2 aromatic carbocycles. The van der Waals surface area contributed by atoms with Crippen LogP contribution in [-0.4, -0.2) is 13.0 Å². The zero-order chi connectivity index (χ0) is 15.2. The van der Waals surface area contributed by atoms with Gasteiger partial charge in [-0.2, -0.15) is 0 Å². The van der Waals surface area contributed by atoms with E-state index in [0.29, 0.717) is 17.0 Å². The maximum absolute atomic E-state index is 13.5. The van der Waals surface area contributed by atoms with E-state index in [1.54, 1.807) is 36.4 Å². The van der Waals surface area contributed by atoms with Crippen LogP contribution in [-0.2, 0) is 4.79 Å². The minimum absolute atomic E-state index is 0.333. The number of ether oxygens (including phenoxy) is 1. The number of para-hydroxylation sites is 2. The van der Waals surface area contributed by atoms with Crippen LogP contribution in [0.3, 0.4) is 0 Å². The first-order valence-electron chi connectivity index (χ1n) is 6.17. The van der Waals surface area contributed by atoms with Crippen molar-refractivity contribution in [2.75, 3.05) is 12.4 Å². The highest BCUT2D eigenvalue weighted by Crippen LogP contribution is 2.23. The van der Waals surface area contributed by atoms with Crippen LogP contribution in [0.4, 0.5) is 10.1 Å². The summed E-state index contributed by atoms with van der Waals surface area (Å²) >= 11 is 3.26. The predicted molar refractivity (Wildman–Crippen MR) is 84.8 cm³/mol. The van der Waals surface area contributed by atoms with Crippen LogP contribution in [0.1, 0.15) is 5.56 Å². The van der Waals surface area contributed by atoms with Gasteiger partial charge in [-0.05, 0) is 36.4 Å². The number of carbonyl (C=O) groups is 1. The van der Waals surface area contributed by atoms with Gasteiger partial charge in [0.15, 0.2) is 0 Å². The molecule has 3 nitrogen and oxygen atoms in total. The average Bonchev–Trinajstić information content (AvgIpc) is 2.49. The molecule has 5 heteroatoms. The van der Waals surface area contributed by atoms with Crippen molar-refractivity contribution in [1.82, 2.24) is 0 Å². The van der Waals surface area contributed by atoms with Crippen LogP contribution in [0.5, 0.6) is 5.75 Å². The van der Waals surface area contributed by atoms with E-state index in [1.807, 2.05) is 0 Å². The molecule has 0 saturated heterocycles. The first kappa shape index (κ1) is 15.3. The van der Waals surface area contributed by atoms with Crippen molar-refractivity contribution in [3.63, 3.8) is 0 Å². The third-order valence-corrected chi connectivity index (χ3v) is 3.23. The van der Waals surface area contributed by atoms with Gasteiger partial charge in [-0.15, -0.1) is 0 Å². The number of methoxy groups -OCH3 is 1. The maximum Gasteiger partial charge on any atom is 0.248 e. The van der Waals surface area contributed by atoms with Crippen LogP contribution in [0.25, 0.3) is 6.08 Å². The molecule has 2 aromatic rings. The Balaban J connectivity index is 2.11. The monoisotopic (exact) mass is 349 g/mol. The molecule has 21 heavy (non-hydrogen) atoms. The lowest BCUT2D eigenvalue weighted by molar-refractivity contribution is -0.111. The molecule has 0 aliphatic heterocycles. The Morgan fingerprint density at radius 1 is 1.29 bits per heavy atom. The molecule has 0 aromatic heterocycles. The fourth-order valence-corrected chi connectivity index (χ4v) is 2.11. The first-order valence-corrected chi connectivity index (χ1v) is 6.96. The van der Waals surface area contributed by atoms with Crippen molar-refractivity contribution in [2.45, 2.75) is 0 Å². The lowest BCUT2D eigenvalue weighted by atomic mass is 10.2. The molecule has 0 saturated carbocycles. The standard InChI is InChI=1S/C16H13BrFNO2/c1-21-15-5-3-2-4-14(15)19-16(20)9-6-11-10-12(17)7-8-13(11)18/h2-10H,1H3,(H,19,20)/b9-6+. The quantitative estimate of drug-likeness (QED) is 0.838. The smallest absolute Gasteiger partial charge is 0.248 e. The van der Waals surface area contributed by atoms with Gasteiger partial charge in [0.05, 0.1) is 12.8 Å². The first-order chi connectivity index (χ1) is 10.1. The number of rotatable bonds is 4. The summed E-state index contributed by atoms with van der Waals surface area (Å²) in [5.41, 5.74) is 0.893. The molecule has 108 valence electrons. The lowest BCUT2D eigenvalue weighted by Crippen LogP contribution is -2.08. The highest BCUT2D eigenvalue weighted by molar-refractivity contribution is 9.10. The topological polar surface area (TPSA) is 38.3 Å². The van der Waals surface area contributed by atoms with E-state index in [4.69, 9.17) is 4.74 Å². The number of halogens is 2. The minimum atomic E-state index is -0.389. The van der Waals surface area contributed by atoms with Gasteiger partial charge in [0.2, 0.25) is 5.91 Å². The van der Waals surface area contributed by atoms with Gasteiger partial charge >= 0.3 is 0 Å². The average molecular weight is 350 g/mol. The maximum atomic E-state index is 13.5.